The lowest BCUT2D eigenvalue weighted by molar-refractivity contribution is 0.637. The zero-order valence-corrected chi connectivity index (χ0v) is 7.45. The van der Waals surface area contributed by atoms with E-state index in [1.54, 1.807) is 0 Å². The minimum atomic E-state index is 0.560. The predicted molar refractivity (Wildman–Crippen MR) is 47.9 cm³/mol. The van der Waals surface area contributed by atoms with E-state index in [2.05, 4.69) is 23.5 Å². The Morgan fingerprint density at radius 1 is 1.75 bits per heavy atom. The molecular weight excluding hydrogens is 150 g/mol. The molecule has 2 heterocycles. The van der Waals surface area contributed by atoms with Crippen molar-refractivity contribution in [3.63, 3.8) is 0 Å². The van der Waals surface area contributed by atoms with Crippen LogP contribution in [-0.4, -0.2) is 16.3 Å². The van der Waals surface area contributed by atoms with Gasteiger partial charge in [-0.1, -0.05) is 0 Å². The molecule has 1 aromatic heterocycles. The average Bonchev–Trinajstić information content (AvgIpc) is 2.75. The molecule has 2 rings (SSSR count). The Labute approximate surface area is 72.8 Å². The van der Waals surface area contributed by atoms with Gasteiger partial charge in [0.2, 0.25) is 0 Å². The number of nitrogens with zero attached hydrogens (tertiary/aromatic N) is 2. The first kappa shape index (κ1) is 7.80. The molecule has 1 saturated heterocycles. The summed E-state index contributed by atoms with van der Waals surface area (Å²) in [5.74, 6) is 0. The third kappa shape index (κ3) is 1.37. The molecule has 1 aliphatic heterocycles. The van der Waals surface area contributed by atoms with Crippen molar-refractivity contribution in [1.29, 1.82) is 0 Å². The van der Waals surface area contributed by atoms with E-state index in [1.165, 1.54) is 18.4 Å². The van der Waals surface area contributed by atoms with Gasteiger partial charge in [-0.15, -0.1) is 0 Å². The maximum absolute atomic E-state index is 4.26. The molecule has 0 saturated carbocycles. The van der Waals surface area contributed by atoms with Gasteiger partial charge in [0.15, 0.2) is 0 Å². The van der Waals surface area contributed by atoms with E-state index in [9.17, 15) is 0 Å². The summed E-state index contributed by atoms with van der Waals surface area (Å²) in [7, 11) is 0. The van der Waals surface area contributed by atoms with E-state index < -0.39 is 0 Å². The van der Waals surface area contributed by atoms with Crippen molar-refractivity contribution in [2.75, 3.05) is 6.54 Å². The van der Waals surface area contributed by atoms with E-state index in [4.69, 9.17) is 0 Å². The van der Waals surface area contributed by atoms with Crippen molar-refractivity contribution in [1.82, 2.24) is 15.1 Å². The Bertz CT molecular complexity index is 248. The van der Waals surface area contributed by atoms with Gasteiger partial charge >= 0.3 is 0 Å². The van der Waals surface area contributed by atoms with Crippen LogP contribution in [-0.2, 0) is 6.54 Å². The summed E-state index contributed by atoms with van der Waals surface area (Å²) in [6, 6.07) is 0.560. The first-order valence-electron chi connectivity index (χ1n) is 4.66. The van der Waals surface area contributed by atoms with Crippen LogP contribution >= 0.6 is 0 Å². The molecule has 0 spiro atoms. The van der Waals surface area contributed by atoms with Crippen LogP contribution in [0.2, 0.25) is 0 Å². The molecule has 0 aliphatic carbocycles. The van der Waals surface area contributed by atoms with Crippen LogP contribution in [0.15, 0.2) is 12.4 Å². The number of aryl methyl sites for hydroxylation is 1. The second-order valence-electron chi connectivity index (χ2n) is 3.28. The van der Waals surface area contributed by atoms with Gasteiger partial charge < -0.3 is 5.32 Å². The van der Waals surface area contributed by atoms with Crippen molar-refractivity contribution in [2.45, 2.75) is 32.4 Å². The van der Waals surface area contributed by atoms with Crippen LogP contribution in [0.25, 0.3) is 0 Å². The third-order valence-electron chi connectivity index (χ3n) is 2.44. The SMILES string of the molecule is CCn1cc(C2CCCN2)cn1. The van der Waals surface area contributed by atoms with E-state index in [0.717, 1.165) is 13.1 Å². The Kier molecular flexibility index (Phi) is 2.13. The Hall–Kier alpha value is -0.830. The lowest BCUT2D eigenvalue weighted by Gasteiger charge is -2.05. The van der Waals surface area contributed by atoms with Crippen LogP contribution < -0.4 is 5.32 Å². The van der Waals surface area contributed by atoms with Crippen molar-refractivity contribution in [3.8, 4) is 0 Å². The number of hydrogen-bond donors (Lipinski definition) is 1. The maximum atomic E-state index is 4.26. The summed E-state index contributed by atoms with van der Waals surface area (Å²) >= 11 is 0. The van der Waals surface area contributed by atoms with Crippen molar-refractivity contribution >= 4 is 0 Å². The highest BCUT2D eigenvalue weighted by atomic mass is 15.3. The zero-order chi connectivity index (χ0) is 8.39. The lowest BCUT2D eigenvalue weighted by Crippen LogP contribution is -2.11. The maximum Gasteiger partial charge on any atom is 0.0537 e. The summed E-state index contributed by atoms with van der Waals surface area (Å²) in [6.07, 6.45) is 6.67. The molecule has 3 heteroatoms. The first-order chi connectivity index (χ1) is 5.90. The highest BCUT2D eigenvalue weighted by Gasteiger charge is 2.16. The molecule has 1 unspecified atom stereocenters. The van der Waals surface area contributed by atoms with E-state index >= 15 is 0 Å². The summed E-state index contributed by atoms with van der Waals surface area (Å²) < 4.78 is 1.98. The van der Waals surface area contributed by atoms with Gasteiger partial charge in [0, 0.05) is 24.3 Å². The van der Waals surface area contributed by atoms with Gasteiger partial charge in [0.1, 0.15) is 0 Å². The molecule has 0 aromatic carbocycles. The minimum Gasteiger partial charge on any atom is -0.310 e. The number of rotatable bonds is 2. The summed E-state index contributed by atoms with van der Waals surface area (Å²) in [5.41, 5.74) is 1.34. The highest BCUT2D eigenvalue weighted by molar-refractivity contribution is 5.11. The Morgan fingerprint density at radius 3 is 3.25 bits per heavy atom. The van der Waals surface area contributed by atoms with E-state index in [-0.39, 0.29) is 0 Å². The number of nitrogens with one attached hydrogen (secondary N) is 1. The first-order valence-corrected chi connectivity index (χ1v) is 4.66. The van der Waals surface area contributed by atoms with Crippen LogP contribution in [0.3, 0.4) is 0 Å². The van der Waals surface area contributed by atoms with Gasteiger partial charge in [-0.05, 0) is 26.3 Å². The number of aromatic nitrogens is 2. The zero-order valence-electron chi connectivity index (χ0n) is 7.45. The van der Waals surface area contributed by atoms with E-state index in [1.807, 2.05) is 10.9 Å². The fourth-order valence-electron chi connectivity index (χ4n) is 1.70. The summed E-state index contributed by atoms with van der Waals surface area (Å²) in [6.45, 7) is 4.23. The van der Waals surface area contributed by atoms with Crippen LogP contribution in [0, 0.1) is 0 Å². The fraction of sp³-hybridized carbons (Fsp3) is 0.667. The standard InChI is InChI=1S/C9H15N3/c1-2-12-7-8(6-11-12)9-4-3-5-10-9/h6-7,9-10H,2-5H2,1H3. The second kappa shape index (κ2) is 3.27. The van der Waals surface area contributed by atoms with E-state index in [0.29, 0.717) is 6.04 Å². The topological polar surface area (TPSA) is 29.9 Å². The monoisotopic (exact) mass is 165 g/mol. The summed E-state index contributed by atoms with van der Waals surface area (Å²) in [4.78, 5) is 0. The Balaban J connectivity index is 2.11. The lowest BCUT2D eigenvalue weighted by atomic mass is 10.1. The van der Waals surface area contributed by atoms with Crippen LogP contribution in [0.1, 0.15) is 31.4 Å². The van der Waals surface area contributed by atoms with Crippen LogP contribution in [0.4, 0.5) is 0 Å². The molecule has 1 aliphatic rings. The predicted octanol–water partition coefficient (Wildman–Crippen LogP) is 1.33. The molecule has 0 bridgehead atoms. The molecule has 3 nitrogen and oxygen atoms in total. The largest absolute Gasteiger partial charge is 0.310 e. The molecular formula is C9H15N3. The van der Waals surface area contributed by atoms with Crippen molar-refractivity contribution in [2.24, 2.45) is 0 Å². The molecule has 0 amide bonds. The third-order valence-corrected chi connectivity index (χ3v) is 2.44. The molecule has 1 N–H and O–H groups in total. The Morgan fingerprint density at radius 2 is 2.67 bits per heavy atom. The second-order valence-corrected chi connectivity index (χ2v) is 3.28. The van der Waals surface area contributed by atoms with Gasteiger partial charge in [0.05, 0.1) is 6.20 Å². The molecule has 1 aromatic rings. The quantitative estimate of drug-likeness (QED) is 0.716. The fourth-order valence-corrected chi connectivity index (χ4v) is 1.70. The normalized spacial score (nSPS) is 23.2. The molecule has 12 heavy (non-hydrogen) atoms. The smallest absolute Gasteiger partial charge is 0.0537 e. The molecule has 0 radical (unpaired) electrons. The summed E-state index contributed by atoms with van der Waals surface area (Å²) in [5, 5.41) is 7.71. The van der Waals surface area contributed by atoms with Gasteiger partial charge in [-0.3, -0.25) is 4.68 Å². The van der Waals surface area contributed by atoms with Gasteiger partial charge in [0.25, 0.3) is 0 Å². The molecule has 1 fully saturated rings. The highest BCUT2D eigenvalue weighted by Crippen LogP contribution is 2.21. The van der Waals surface area contributed by atoms with Gasteiger partial charge in [-0.2, -0.15) is 5.10 Å². The van der Waals surface area contributed by atoms with Crippen molar-refractivity contribution < 1.29 is 0 Å². The molecule has 66 valence electrons. The average molecular weight is 165 g/mol. The minimum absolute atomic E-state index is 0.560. The van der Waals surface area contributed by atoms with Crippen molar-refractivity contribution in [3.05, 3.63) is 18.0 Å². The number of hydrogen-bond acceptors (Lipinski definition) is 2. The van der Waals surface area contributed by atoms with Gasteiger partial charge in [-0.25, -0.2) is 0 Å². The van der Waals surface area contributed by atoms with Crippen LogP contribution in [0.5, 0.6) is 0 Å². The molecule has 1 atom stereocenters.